The van der Waals surface area contributed by atoms with Gasteiger partial charge < -0.3 is 5.73 Å². The highest BCUT2D eigenvalue weighted by molar-refractivity contribution is 9.10. The number of aryl methyl sites for hydroxylation is 1. The lowest BCUT2D eigenvalue weighted by Crippen LogP contribution is -2.30. The van der Waals surface area contributed by atoms with Crippen LogP contribution in [0.25, 0.3) is 0 Å². The molecule has 106 valence electrons. The second-order valence-electron chi connectivity index (χ2n) is 5.16. The maximum atomic E-state index is 5.99. The van der Waals surface area contributed by atoms with Gasteiger partial charge in [-0.3, -0.25) is 4.90 Å². The lowest BCUT2D eigenvalue weighted by Gasteiger charge is -2.28. The molecule has 2 nitrogen and oxygen atoms in total. The molecule has 2 N–H and O–H groups in total. The molecule has 0 aliphatic rings. The average Bonchev–Trinajstić information content (AvgIpc) is 2.44. The summed E-state index contributed by atoms with van der Waals surface area (Å²) in [4.78, 5) is 2.30. The van der Waals surface area contributed by atoms with E-state index in [9.17, 15) is 0 Å². The van der Waals surface area contributed by atoms with Gasteiger partial charge >= 0.3 is 0 Å². The molecule has 0 aromatic heterocycles. The highest BCUT2D eigenvalue weighted by atomic mass is 79.9. The molecule has 0 spiro atoms. The largest absolute Gasteiger partial charge is 0.329 e. The summed E-state index contributed by atoms with van der Waals surface area (Å²) in [6, 6.07) is 17.2. The fraction of sp³-hybridized carbons (Fsp3) is 0.294. The molecule has 0 aliphatic carbocycles. The molecule has 0 amide bonds. The molecule has 0 saturated heterocycles. The summed E-state index contributed by atoms with van der Waals surface area (Å²) in [6.07, 6.45) is 0. The van der Waals surface area contributed by atoms with Gasteiger partial charge in [-0.2, -0.15) is 0 Å². The molecular weight excluding hydrogens is 312 g/mol. The first-order chi connectivity index (χ1) is 9.61. The monoisotopic (exact) mass is 332 g/mol. The van der Waals surface area contributed by atoms with Crippen molar-refractivity contribution in [3.63, 3.8) is 0 Å². The minimum atomic E-state index is 0.238. The topological polar surface area (TPSA) is 29.3 Å². The zero-order valence-electron chi connectivity index (χ0n) is 12.0. The number of nitrogens with two attached hydrogens (primary N) is 1. The quantitative estimate of drug-likeness (QED) is 0.899. The Morgan fingerprint density at radius 3 is 2.45 bits per heavy atom. The van der Waals surface area contributed by atoms with Gasteiger partial charge in [0.25, 0.3) is 0 Å². The van der Waals surface area contributed by atoms with Crippen molar-refractivity contribution in [1.29, 1.82) is 0 Å². The maximum absolute atomic E-state index is 5.99. The summed E-state index contributed by atoms with van der Waals surface area (Å²) in [7, 11) is 2.13. The number of nitrogens with zero attached hydrogens (tertiary/aromatic N) is 1. The Morgan fingerprint density at radius 2 is 1.85 bits per heavy atom. The van der Waals surface area contributed by atoms with Crippen molar-refractivity contribution in [2.75, 3.05) is 13.6 Å². The predicted molar refractivity (Wildman–Crippen MR) is 88.6 cm³/mol. The van der Waals surface area contributed by atoms with Gasteiger partial charge in [0, 0.05) is 23.6 Å². The molecule has 2 aromatic rings. The molecular formula is C17H21BrN2. The van der Waals surface area contributed by atoms with Crippen LogP contribution in [0.2, 0.25) is 0 Å². The van der Waals surface area contributed by atoms with E-state index in [2.05, 4.69) is 77.3 Å². The molecule has 20 heavy (non-hydrogen) atoms. The third kappa shape index (κ3) is 3.69. The van der Waals surface area contributed by atoms with Crippen LogP contribution in [0.4, 0.5) is 0 Å². The van der Waals surface area contributed by atoms with Gasteiger partial charge in [-0.15, -0.1) is 0 Å². The van der Waals surface area contributed by atoms with Crippen molar-refractivity contribution in [3.05, 3.63) is 69.7 Å². The first kappa shape index (κ1) is 15.2. The molecule has 0 saturated carbocycles. The van der Waals surface area contributed by atoms with Crippen molar-refractivity contribution in [3.8, 4) is 0 Å². The molecule has 2 rings (SSSR count). The SMILES string of the molecule is Cc1cc(C(CN)N(C)Cc2ccccc2)ccc1Br. The molecule has 0 radical (unpaired) electrons. The lowest BCUT2D eigenvalue weighted by molar-refractivity contribution is 0.241. The third-order valence-corrected chi connectivity index (χ3v) is 4.49. The summed E-state index contributed by atoms with van der Waals surface area (Å²) in [5.74, 6) is 0. The zero-order chi connectivity index (χ0) is 14.5. The van der Waals surface area contributed by atoms with Crippen molar-refractivity contribution < 1.29 is 0 Å². The number of hydrogen-bond donors (Lipinski definition) is 1. The van der Waals surface area contributed by atoms with Gasteiger partial charge in [0.1, 0.15) is 0 Å². The summed E-state index contributed by atoms with van der Waals surface area (Å²) < 4.78 is 1.14. The second-order valence-corrected chi connectivity index (χ2v) is 6.02. The Labute approximate surface area is 129 Å². The van der Waals surface area contributed by atoms with Gasteiger partial charge in [0.15, 0.2) is 0 Å². The Balaban J connectivity index is 2.16. The van der Waals surface area contributed by atoms with Gasteiger partial charge in [-0.05, 0) is 36.7 Å². The normalized spacial score (nSPS) is 12.7. The van der Waals surface area contributed by atoms with Crippen molar-refractivity contribution in [2.45, 2.75) is 19.5 Å². The van der Waals surface area contributed by atoms with Crippen LogP contribution in [0, 0.1) is 6.92 Å². The summed E-state index contributed by atoms with van der Waals surface area (Å²) in [5.41, 5.74) is 9.82. The van der Waals surface area contributed by atoms with Crippen molar-refractivity contribution in [2.24, 2.45) is 5.73 Å². The van der Waals surface area contributed by atoms with Gasteiger partial charge in [-0.1, -0.05) is 58.4 Å². The summed E-state index contributed by atoms with van der Waals surface area (Å²) in [6.45, 7) is 3.63. The van der Waals surface area contributed by atoms with Gasteiger partial charge in [-0.25, -0.2) is 0 Å². The van der Waals surface area contributed by atoms with Crippen LogP contribution in [0.3, 0.4) is 0 Å². The van der Waals surface area contributed by atoms with Crippen LogP contribution in [0.1, 0.15) is 22.7 Å². The minimum Gasteiger partial charge on any atom is -0.329 e. The maximum Gasteiger partial charge on any atom is 0.0471 e. The highest BCUT2D eigenvalue weighted by Gasteiger charge is 2.16. The first-order valence-electron chi connectivity index (χ1n) is 6.82. The molecule has 0 bridgehead atoms. The number of benzene rings is 2. The van der Waals surface area contributed by atoms with Crippen LogP contribution >= 0.6 is 15.9 Å². The van der Waals surface area contributed by atoms with Gasteiger partial charge in [0.05, 0.1) is 0 Å². The van der Waals surface area contributed by atoms with E-state index in [0.29, 0.717) is 6.54 Å². The van der Waals surface area contributed by atoms with Crippen LogP contribution < -0.4 is 5.73 Å². The summed E-state index contributed by atoms with van der Waals surface area (Å²) in [5, 5.41) is 0. The summed E-state index contributed by atoms with van der Waals surface area (Å²) >= 11 is 3.55. The van der Waals surface area contributed by atoms with E-state index < -0.39 is 0 Å². The van der Waals surface area contributed by atoms with E-state index in [4.69, 9.17) is 5.73 Å². The van der Waals surface area contributed by atoms with E-state index >= 15 is 0 Å². The van der Waals surface area contributed by atoms with E-state index in [1.165, 1.54) is 16.7 Å². The van der Waals surface area contributed by atoms with E-state index in [1.807, 2.05) is 6.07 Å². The van der Waals surface area contributed by atoms with Crippen LogP contribution in [-0.2, 0) is 6.54 Å². The minimum absolute atomic E-state index is 0.238. The molecule has 0 aliphatic heterocycles. The van der Waals surface area contributed by atoms with Gasteiger partial charge in [0.2, 0.25) is 0 Å². The standard InChI is InChI=1S/C17H21BrN2/c1-13-10-15(8-9-16(13)18)17(11-19)20(2)12-14-6-4-3-5-7-14/h3-10,17H,11-12,19H2,1-2H3. The lowest BCUT2D eigenvalue weighted by atomic mass is 10.0. The molecule has 3 heteroatoms. The van der Waals surface area contributed by atoms with Crippen molar-refractivity contribution >= 4 is 15.9 Å². The second kappa shape index (κ2) is 7.02. The fourth-order valence-electron chi connectivity index (χ4n) is 2.43. The molecule has 0 heterocycles. The van der Waals surface area contributed by atoms with Crippen LogP contribution in [-0.4, -0.2) is 18.5 Å². The van der Waals surface area contributed by atoms with E-state index in [-0.39, 0.29) is 6.04 Å². The number of halogens is 1. The zero-order valence-corrected chi connectivity index (χ0v) is 13.6. The van der Waals surface area contributed by atoms with E-state index in [1.54, 1.807) is 0 Å². The molecule has 1 atom stereocenters. The van der Waals surface area contributed by atoms with Crippen LogP contribution in [0.5, 0.6) is 0 Å². The predicted octanol–water partition coefficient (Wildman–Crippen LogP) is 3.89. The molecule has 0 fully saturated rings. The number of rotatable bonds is 5. The Kier molecular flexibility index (Phi) is 5.35. The van der Waals surface area contributed by atoms with Crippen molar-refractivity contribution in [1.82, 2.24) is 4.90 Å². The number of hydrogen-bond acceptors (Lipinski definition) is 2. The highest BCUT2D eigenvalue weighted by Crippen LogP contribution is 2.25. The number of likely N-dealkylation sites (N-methyl/N-ethyl adjacent to an activating group) is 1. The van der Waals surface area contributed by atoms with E-state index in [0.717, 1.165) is 11.0 Å². The average molecular weight is 333 g/mol. The Hall–Kier alpha value is -1.16. The fourth-order valence-corrected chi connectivity index (χ4v) is 2.67. The Morgan fingerprint density at radius 1 is 1.15 bits per heavy atom. The molecule has 1 unspecified atom stereocenters. The Bertz CT molecular complexity index is 554. The smallest absolute Gasteiger partial charge is 0.0471 e. The first-order valence-corrected chi connectivity index (χ1v) is 7.61. The molecule has 2 aromatic carbocycles. The third-order valence-electron chi connectivity index (χ3n) is 3.60. The van der Waals surface area contributed by atoms with Crippen LogP contribution in [0.15, 0.2) is 53.0 Å².